The van der Waals surface area contributed by atoms with Gasteiger partial charge in [0.25, 0.3) is 0 Å². The first-order valence-corrected chi connectivity index (χ1v) is 7.86. The van der Waals surface area contributed by atoms with Crippen molar-refractivity contribution >= 4 is 29.3 Å². The molecule has 2 aromatic rings. The molecule has 0 saturated carbocycles. The number of carbonyl (C=O) groups excluding carboxylic acids is 3. The summed E-state index contributed by atoms with van der Waals surface area (Å²) < 4.78 is 4.76. The minimum atomic E-state index is -0.916. The van der Waals surface area contributed by atoms with Crippen LogP contribution in [0.15, 0.2) is 61.2 Å². The number of amides is 3. The van der Waals surface area contributed by atoms with Gasteiger partial charge in [-0.25, -0.2) is 4.79 Å². The molecule has 0 bridgehead atoms. The van der Waals surface area contributed by atoms with Gasteiger partial charge in [-0.05, 0) is 42.3 Å². The Labute approximate surface area is 150 Å². The molecule has 26 heavy (non-hydrogen) atoms. The van der Waals surface area contributed by atoms with Crippen molar-refractivity contribution in [2.75, 3.05) is 10.6 Å². The summed E-state index contributed by atoms with van der Waals surface area (Å²) in [6.45, 7) is 3.39. The highest BCUT2D eigenvalue weighted by molar-refractivity contribution is 5.98. The minimum Gasteiger partial charge on any atom is -0.410 e. The van der Waals surface area contributed by atoms with Crippen LogP contribution in [0.4, 0.5) is 16.2 Å². The van der Waals surface area contributed by atoms with Crippen molar-refractivity contribution in [2.24, 2.45) is 5.73 Å². The van der Waals surface area contributed by atoms with E-state index in [1.54, 1.807) is 30.3 Å². The van der Waals surface area contributed by atoms with Crippen molar-refractivity contribution in [2.45, 2.75) is 12.8 Å². The predicted molar refractivity (Wildman–Crippen MR) is 98.9 cm³/mol. The minimum absolute atomic E-state index is 0.176. The maximum Gasteiger partial charge on any atom is 0.409 e. The smallest absolute Gasteiger partial charge is 0.409 e. The molecule has 2 aromatic carbocycles. The van der Waals surface area contributed by atoms with Crippen LogP contribution in [0.3, 0.4) is 0 Å². The van der Waals surface area contributed by atoms with Crippen molar-refractivity contribution in [3.63, 3.8) is 0 Å². The second-order valence-electron chi connectivity index (χ2n) is 5.39. The number of nitrogens with one attached hydrogen (secondary N) is 2. The molecule has 0 unspecified atom stereocenters. The van der Waals surface area contributed by atoms with Crippen LogP contribution in [-0.2, 0) is 16.0 Å². The first-order valence-electron chi connectivity index (χ1n) is 7.86. The molecule has 0 aliphatic carbocycles. The number of hydrogen-bond donors (Lipinski definition) is 3. The first kappa shape index (κ1) is 18.7. The fourth-order valence-corrected chi connectivity index (χ4v) is 2.18. The molecule has 0 spiro atoms. The molecule has 0 saturated heterocycles. The number of rotatable bonds is 7. The molecular formula is C19H19N3O4. The maximum atomic E-state index is 12.1. The molecule has 0 aliphatic heterocycles. The fraction of sp³-hybridized carbons (Fsp3) is 0.105. The van der Waals surface area contributed by atoms with Gasteiger partial charge >= 0.3 is 6.09 Å². The summed E-state index contributed by atoms with van der Waals surface area (Å²) in [6.07, 6.45) is 1.10. The highest BCUT2D eigenvalue weighted by Crippen LogP contribution is 2.18. The van der Waals surface area contributed by atoms with Crippen molar-refractivity contribution in [3.05, 3.63) is 66.7 Å². The Morgan fingerprint density at radius 2 is 1.77 bits per heavy atom. The zero-order chi connectivity index (χ0) is 18.9. The molecular weight excluding hydrogens is 334 g/mol. The highest BCUT2D eigenvalue weighted by Gasteiger charge is 2.06. The standard InChI is InChI=1S/C19H19N3O4/c1-2-17(23)21-14-9-6-13(7-10-14)8-11-18(24)22-15-4-3-5-16(12-15)26-19(20)25/h2-7,9-10,12H,1,8,11H2,(H2,20,25)(H,21,23)(H,22,24). The summed E-state index contributed by atoms with van der Waals surface area (Å²) in [5.74, 6) is -0.197. The first-order chi connectivity index (χ1) is 12.5. The Kier molecular flexibility index (Phi) is 6.50. The molecule has 7 heteroatoms. The number of carbonyl (C=O) groups is 3. The van der Waals surface area contributed by atoms with Gasteiger partial charge < -0.3 is 21.1 Å². The van der Waals surface area contributed by atoms with Crippen LogP contribution in [0.2, 0.25) is 0 Å². The number of hydrogen-bond acceptors (Lipinski definition) is 4. The number of aryl methyl sites for hydroxylation is 1. The number of anilines is 2. The zero-order valence-electron chi connectivity index (χ0n) is 14.0. The zero-order valence-corrected chi connectivity index (χ0v) is 14.0. The van der Waals surface area contributed by atoms with E-state index in [-0.39, 0.29) is 24.0 Å². The van der Waals surface area contributed by atoms with Crippen molar-refractivity contribution in [3.8, 4) is 5.75 Å². The topological polar surface area (TPSA) is 111 Å². The Morgan fingerprint density at radius 3 is 2.42 bits per heavy atom. The van der Waals surface area contributed by atoms with Crippen LogP contribution in [0.5, 0.6) is 5.75 Å². The molecule has 0 radical (unpaired) electrons. The average molecular weight is 353 g/mol. The van der Waals surface area contributed by atoms with Gasteiger partial charge in [0.1, 0.15) is 5.75 Å². The third-order valence-electron chi connectivity index (χ3n) is 3.38. The molecule has 0 fully saturated rings. The summed E-state index contributed by atoms with van der Waals surface area (Å²) >= 11 is 0. The van der Waals surface area contributed by atoms with Crippen molar-refractivity contribution in [1.82, 2.24) is 0 Å². The van der Waals surface area contributed by atoms with Gasteiger partial charge in [-0.15, -0.1) is 0 Å². The number of benzene rings is 2. The summed E-state index contributed by atoms with van der Waals surface area (Å²) in [5.41, 5.74) is 7.09. The van der Waals surface area contributed by atoms with Gasteiger partial charge in [-0.2, -0.15) is 0 Å². The summed E-state index contributed by atoms with van der Waals surface area (Å²) in [5, 5.41) is 5.39. The van der Waals surface area contributed by atoms with E-state index >= 15 is 0 Å². The molecule has 7 nitrogen and oxygen atoms in total. The third-order valence-corrected chi connectivity index (χ3v) is 3.38. The van der Waals surface area contributed by atoms with E-state index in [2.05, 4.69) is 17.2 Å². The van der Waals surface area contributed by atoms with Crippen LogP contribution in [0.1, 0.15) is 12.0 Å². The third kappa shape index (κ3) is 6.12. The maximum absolute atomic E-state index is 12.1. The lowest BCUT2D eigenvalue weighted by Gasteiger charge is -2.08. The molecule has 134 valence electrons. The van der Waals surface area contributed by atoms with E-state index in [9.17, 15) is 14.4 Å². The summed E-state index contributed by atoms with van der Waals surface area (Å²) in [4.78, 5) is 34.0. The van der Waals surface area contributed by atoms with Crippen LogP contribution >= 0.6 is 0 Å². The lowest BCUT2D eigenvalue weighted by molar-refractivity contribution is -0.116. The highest BCUT2D eigenvalue weighted by atomic mass is 16.5. The fourth-order valence-electron chi connectivity index (χ4n) is 2.18. The van der Waals surface area contributed by atoms with Crippen LogP contribution < -0.4 is 21.1 Å². The molecule has 0 heterocycles. The average Bonchev–Trinajstić information content (AvgIpc) is 2.60. The molecule has 2 rings (SSSR count). The lowest BCUT2D eigenvalue weighted by Crippen LogP contribution is -2.16. The second-order valence-corrected chi connectivity index (χ2v) is 5.39. The van der Waals surface area contributed by atoms with Gasteiger partial charge in [-0.3, -0.25) is 9.59 Å². The SMILES string of the molecule is C=CC(=O)Nc1ccc(CCC(=O)Nc2cccc(OC(N)=O)c2)cc1. The van der Waals surface area contributed by atoms with Crippen LogP contribution in [0, 0.1) is 0 Å². The molecule has 0 aromatic heterocycles. The predicted octanol–water partition coefficient (Wildman–Crippen LogP) is 2.84. The summed E-state index contributed by atoms with van der Waals surface area (Å²) in [6, 6.07) is 13.6. The largest absolute Gasteiger partial charge is 0.410 e. The van der Waals surface area contributed by atoms with E-state index in [1.165, 1.54) is 12.1 Å². The van der Waals surface area contributed by atoms with E-state index in [0.717, 1.165) is 5.56 Å². The monoisotopic (exact) mass is 353 g/mol. The van der Waals surface area contributed by atoms with Gasteiger partial charge in [0.2, 0.25) is 11.8 Å². The number of nitrogens with two attached hydrogens (primary N) is 1. The lowest BCUT2D eigenvalue weighted by atomic mass is 10.1. The van der Waals surface area contributed by atoms with Gasteiger partial charge in [0.05, 0.1) is 0 Å². The van der Waals surface area contributed by atoms with Crippen molar-refractivity contribution in [1.29, 1.82) is 0 Å². The molecule has 3 amide bonds. The van der Waals surface area contributed by atoms with E-state index in [4.69, 9.17) is 10.5 Å². The Balaban J connectivity index is 1.86. The van der Waals surface area contributed by atoms with E-state index < -0.39 is 6.09 Å². The van der Waals surface area contributed by atoms with Gasteiger partial charge in [0.15, 0.2) is 0 Å². The van der Waals surface area contributed by atoms with Gasteiger partial charge in [0, 0.05) is 23.9 Å². The van der Waals surface area contributed by atoms with E-state index in [0.29, 0.717) is 17.8 Å². The van der Waals surface area contributed by atoms with Crippen LogP contribution in [-0.4, -0.2) is 17.9 Å². The molecule has 0 atom stereocenters. The van der Waals surface area contributed by atoms with Gasteiger partial charge in [-0.1, -0.05) is 24.8 Å². The summed E-state index contributed by atoms with van der Waals surface area (Å²) in [7, 11) is 0. The molecule has 4 N–H and O–H groups in total. The number of ether oxygens (including phenoxy) is 1. The van der Waals surface area contributed by atoms with E-state index in [1.807, 2.05) is 12.1 Å². The quantitative estimate of drug-likeness (QED) is 0.665. The Hall–Kier alpha value is -3.61. The normalized spacial score (nSPS) is 9.85. The molecule has 0 aliphatic rings. The Morgan fingerprint density at radius 1 is 1.04 bits per heavy atom. The number of primary amides is 1. The van der Waals surface area contributed by atoms with Crippen LogP contribution in [0.25, 0.3) is 0 Å². The second kappa shape index (κ2) is 9.03. The Bertz CT molecular complexity index is 816. The van der Waals surface area contributed by atoms with Crippen molar-refractivity contribution < 1.29 is 19.1 Å².